The van der Waals surface area contributed by atoms with Gasteiger partial charge in [-0.2, -0.15) is 0 Å². The average molecular weight is 377 g/mol. The number of amides is 1. The minimum atomic E-state index is -0.326. The van der Waals surface area contributed by atoms with E-state index in [0.29, 0.717) is 19.5 Å². The Morgan fingerprint density at radius 2 is 1.78 bits per heavy atom. The van der Waals surface area contributed by atoms with Gasteiger partial charge in [0.25, 0.3) is 5.91 Å². The second-order valence-electron chi connectivity index (χ2n) is 8.01. The maximum atomic E-state index is 12.3. The number of aromatic nitrogens is 3. The average Bonchev–Trinajstić information content (AvgIpc) is 3.02. The van der Waals surface area contributed by atoms with Crippen molar-refractivity contribution in [2.45, 2.75) is 45.6 Å². The van der Waals surface area contributed by atoms with Crippen LogP contribution in [0.2, 0.25) is 0 Å². The molecule has 3 heterocycles. The van der Waals surface area contributed by atoms with Crippen LogP contribution in [0.15, 0.2) is 0 Å². The predicted octanol–water partition coefficient (Wildman–Crippen LogP) is 0.969. The number of nitrogens with zero attached hydrogens (tertiary/aromatic N) is 5. The van der Waals surface area contributed by atoms with Gasteiger partial charge in [0.15, 0.2) is 0 Å². The molecule has 0 aliphatic carbocycles. The van der Waals surface area contributed by atoms with Gasteiger partial charge in [0.2, 0.25) is 5.78 Å². The summed E-state index contributed by atoms with van der Waals surface area (Å²) in [5, 5.41) is 8.83. The van der Waals surface area contributed by atoms with Gasteiger partial charge in [0.1, 0.15) is 11.6 Å². The maximum absolute atomic E-state index is 12.3. The van der Waals surface area contributed by atoms with E-state index in [1.54, 1.807) is 4.90 Å². The fourth-order valence-electron chi connectivity index (χ4n) is 3.80. The van der Waals surface area contributed by atoms with Crippen LogP contribution in [0.3, 0.4) is 0 Å². The van der Waals surface area contributed by atoms with E-state index in [1.165, 1.54) is 0 Å². The van der Waals surface area contributed by atoms with Crippen molar-refractivity contribution in [1.82, 2.24) is 24.6 Å². The molecule has 2 fully saturated rings. The van der Waals surface area contributed by atoms with Crippen LogP contribution < -0.4 is 0 Å². The van der Waals surface area contributed by atoms with E-state index in [1.807, 2.05) is 20.9 Å². The monoisotopic (exact) mass is 377 g/mol. The number of piperidine rings is 1. The summed E-state index contributed by atoms with van der Waals surface area (Å²) in [6, 6.07) is 0. The molecule has 2 saturated heterocycles. The van der Waals surface area contributed by atoms with Gasteiger partial charge in [-0.05, 0) is 18.8 Å². The van der Waals surface area contributed by atoms with E-state index < -0.39 is 0 Å². The van der Waals surface area contributed by atoms with Gasteiger partial charge in [-0.15, -0.1) is 10.2 Å². The molecule has 1 aromatic heterocycles. The lowest BCUT2D eigenvalue weighted by atomic mass is 9.95. The number of ketones is 1. The van der Waals surface area contributed by atoms with Gasteiger partial charge in [0, 0.05) is 45.6 Å². The molecule has 0 unspecified atom stereocenters. The summed E-state index contributed by atoms with van der Waals surface area (Å²) in [6.45, 7) is 9.31. The molecular formula is C19H31N5O3. The van der Waals surface area contributed by atoms with Gasteiger partial charge in [-0.3, -0.25) is 14.5 Å². The fourth-order valence-corrected chi connectivity index (χ4v) is 3.80. The van der Waals surface area contributed by atoms with Gasteiger partial charge in [-0.25, -0.2) is 0 Å². The highest BCUT2D eigenvalue weighted by molar-refractivity contribution is 6.36. The normalized spacial score (nSPS) is 19.6. The lowest BCUT2D eigenvalue weighted by Crippen LogP contribution is -2.42. The number of likely N-dealkylation sites (tertiary alicyclic amines) is 1. The molecule has 0 N–H and O–H groups in total. The highest BCUT2D eigenvalue weighted by Gasteiger charge is 2.30. The summed E-state index contributed by atoms with van der Waals surface area (Å²) in [4.78, 5) is 28.3. The molecule has 0 atom stereocenters. The molecule has 0 radical (unpaired) electrons. The second kappa shape index (κ2) is 8.93. The number of Topliss-reactive ketones (excluding diaryl/α,β-unsaturated/α-hetero) is 1. The lowest BCUT2D eigenvalue weighted by molar-refractivity contribution is -0.145. The third kappa shape index (κ3) is 4.93. The van der Waals surface area contributed by atoms with E-state index in [4.69, 9.17) is 4.74 Å². The van der Waals surface area contributed by atoms with Crippen molar-refractivity contribution >= 4 is 11.7 Å². The highest BCUT2D eigenvalue weighted by Crippen LogP contribution is 2.27. The van der Waals surface area contributed by atoms with Crippen LogP contribution >= 0.6 is 0 Å². The molecule has 1 amide bonds. The van der Waals surface area contributed by atoms with E-state index in [-0.39, 0.29) is 23.5 Å². The first-order valence-corrected chi connectivity index (χ1v) is 9.96. The lowest BCUT2D eigenvalue weighted by Gasteiger charge is -2.31. The van der Waals surface area contributed by atoms with Crippen molar-refractivity contribution in [1.29, 1.82) is 0 Å². The van der Waals surface area contributed by atoms with E-state index in [9.17, 15) is 9.59 Å². The standard InChI is InChI=1S/C19H31N5O3/c1-14(2)12-16(25)19(26)24-6-4-15(5-7-24)18-21-20-17(22(18)3)13-23-8-10-27-11-9-23/h14-15H,4-13H2,1-3H3. The number of hydrogen-bond acceptors (Lipinski definition) is 6. The molecule has 0 saturated carbocycles. The van der Waals surface area contributed by atoms with Crippen molar-refractivity contribution < 1.29 is 14.3 Å². The Labute approximate surface area is 160 Å². The van der Waals surface area contributed by atoms with Crippen LogP contribution in [0.5, 0.6) is 0 Å². The summed E-state index contributed by atoms with van der Waals surface area (Å²) in [7, 11) is 2.02. The molecule has 150 valence electrons. The fraction of sp³-hybridized carbons (Fsp3) is 0.789. The van der Waals surface area contributed by atoms with Crippen LogP contribution in [0.1, 0.15) is 50.7 Å². The molecule has 8 heteroatoms. The summed E-state index contributed by atoms with van der Waals surface area (Å²) in [5.74, 6) is 1.85. The van der Waals surface area contributed by atoms with Crippen molar-refractivity contribution in [3.8, 4) is 0 Å². The molecule has 3 rings (SSSR count). The van der Waals surface area contributed by atoms with E-state index in [0.717, 1.165) is 57.3 Å². The summed E-state index contributed by atoms with van der Waals surface area (Å²) >= 11 is 0. The number of hydrogen-bond donors (Lipinski definition) is 0. The van der Waals surface area contributed by atoms with Gasteiger partial charge >= 0.3 is 0 Å². The zero-order valence-electron chi connectivity index (χ0n) is 16.7. The number of carbonyl (C=O) groups is 2. The Morgan fingerprint density at radius 3 is 2.41 bits per heavy atom. The molecule has 0 spiro atoms. The molecule has 27 heavy (non-hydrogen) atoms. The minimum absolute atomic E-state index is 0.211. The SMILES string of the molecule is CC(C)CC(=O)C(=O)N1CCC(c2nnc(CN3CCOCC3)n2C)CC1. The molecule has 1 aromatic rings. The number of rotatable bonds is 6. The number of carbonyl (C=O) groups excluding carboxylic acids is 2. The zero-order chi connectivity index (χ0) is 19.4. The summed E-state index contributed by atoms with van der Waals surface area (Å²) in [5.41, 5.74) is 0. The van der Waals surface area contributed by atoms with Crippen LogP contribution in [-0.2, 0) is 27.9 Å². The van der Waals surface area contributed by atoms with Crippen LogP contribution in [0.4, 0.5) is 0 Å². The van der Waals surface area contributed by atoms with E-state index >= 15 is 0 Å². The topological polar surface area (TPSA) is 80.6 Å². The van der Waals surface area contributed by atoms with Crippen LogP contribution in [-0.4, -0.2) is 75.6 Å². The Hall–Kier alpha value is -1.80. The zero-order valence-corrected chi connectivity index (χ0v) is 16.7. The molecule has 0 bridgehead atoms. The van der Waals surface area contributed by atoms with Crippen LogP contribution in [0.25, 0.3) is 0 Å². The molecule has 2 aliphatic heterocycles. The van der Waals surface area contributed by atoms with Gasteiger partial charge in [0.05, 0.1) is 19.8 Å². The van der Waals surface area contributed by atoms with Crippen molar-refractivity contribution in [2.75, 3.05) is 39.4 Å². The smallest absolute Gasteiger partial charge is 0.289 e. The predicted molar refractivity (Wildman–Crippen MR) is 100 cm³/mol. The quantitative estimate of drug-likeness (QED) is 0.687. The number of ether oxygens (including phenoxy) is 1. The Bertz CT molecular complexity index is 658. The Morgan fingerprint density at radius 1 is 1.11 bits per heavy atom. The molecule has 8 nitrogen and oxygen atoms in total. The van der Waals surface area contributed by atoms with E-state index in [2.05, 4.69) is 19.7 Å². The third-order valence-corrected chi connectivity index (χ3v) is 5.45. The first-order valence-electron chi connectivity index (χ1n) is 9.96. The second-order valence-corrected chi connectivity index (χ2v) is 8.01. The summed E-state index contributed by atoms with van der Waals surface area (Å²) in [6.07, 6.45) is 1.97. The van der Waals surface area contributed by atoms with Crippen molar-refractivity contribution in [2.24, 2.45) is 13.0 Å². The Kier molecular flexibility index (Phi) is 6.59. The first kappa shape index (κ1) is 19.9. The van der Waals surface area contributed by atoms with Gasteiger partial charge < -0.3 is 14.2 Å². The molecule has 2 aliphatic rings. The maximum Gasteiger partial charge on any atom is 0.289 e. The summed E-state index contributed by atoms with van der Waals surface area (Å²) < 4.78 is 7.49. The minimum Gasteiger partial charge on any atom is -0.379 e. The van der Waals surface area contributed by atoms with Crippen molar-refractivity contribution in [3.05, 3.63) is 11.6 Å². The third-order valence-electron chi connectivity index (χ3n) is 5.45. The van der Waals surface area contributed by atoms with Gasteiger partial charge in [-0.1, -0.05) is 13.8 Å². The first-order chi connectivity index (χ1) is 13.0. The highest BCUT2D eigenvalue weighted by atomic mass is 16.5. The number of morpholine rings is 1. The largest absolute Gasteiger partial charge is 0.379 e. The molecular weight excluding hydrogens is 346 g/mol. The molecule has 0 aromatic carbocycles. The van der Waals surface area contributed by atoms with Crippen molar-refractivity contribution in [3.63, 3.8) is 0 Å². The Balaban J connectivity index is 1.55. The van der Waals surface area contributed by atoms with Crippen LogP contribution in [0, 0.1) is 5.92 Å².